The Morgan fingerprint density at radius 1 is 0.722 bits per heavy atom. The van der Waals surface area contributed by atoms with Gasteiger partial charge in [0.2, 0.25) is 6.34 Å². The topological polar surface area (TPSA) is 41.8 Å². The second-order valence-electron chi connectivity index (χ2n) is 8.98. The lowest BCUT2D eigenvalue weighted by molar-refractivity contribution is 0.288. The molecular formula is C32H31N2O2+. The van der Waals surface area contributed by atoms with E-state index in [1.54, 1.807) is 7.11 Å². The minimum atomic E-state index is -0.664. The van der Waals surface area contributed by atoms with Crippen molar-refractivity contribution < 1.29 is 9.84 Å². The highest BCUT2D eigenvalue weighted by molar-refractivity contribution is 5.85. The Morgan fingerprint density at radius 3 is 1.67 bits per heavy atom. The first kappa shape index (κ1) is 23.7. The summed E-state index contributed by atoms with van der Waals surface area (Å²) >= 11 is 0. The molecule has 1 heterocycles. The van der Waals surface area contributed by atoms with E-state index >= 15 is 0 Å². The van der Waals surface area contributed by atoms with Crippen molar-refractivity contribution in [2.75, 3.05) is 13.7 Å². The lowest BCUT2D eigenvalue weighted by Crippen LogP contribution is -2.60. The monoisotopic (exact) mass is 475 g/mol. The fraction of sp³-hybridized carbons (Fsp3) is 0.156. The van der Waals surface area contributed by atoms with Gasteiger partial charge in [-0.15, -0.1) is 0 Å². The molecule has 1 aliphatic heterocycles. The first-order valence-corrected chi connectivity index (χ1v) is 12.3. The molecule has 0 bridgehead atoms. The maximum Gasteiger partial charge on any atom is 0.201 e. The summed E-state index contributed by atoms with van der Waals surface area (Å²) in [7, 11) is 1.69. The number of hydrogen-bond donors (Lipinski definition) is 1. The van der Waals surface area contributed by atoms with E-state index in [1.807, 2.05) is 12.1 Å². The number of aliphatic hydroxyl groups excluding tert-OH is 1. The second kappa shape index (κ2) is 10.3. The third-order valence-electron chi connectivity index (χ3n) is 6.98. The third-order valence-corrected chi connectivity index (χ3v) is 6.98. The molecule has 0 saturated heterocycles. The zero-order chi connectivity index (χ0) is 24.8. The molecular weight excluding hydrogens is 444 g/mol. The summed E-state index contributed by atoms with van der Waals surface area (Å²) in [4.78, 5) is 4.95. The van der Waals surface area contributed by atoms with E-state index in [-0.39, 0.29) is 6.61 Å². The van der Waals surface area contributed by atoms with Gasteiger partial charge in [0.1, 0.15) is 17.6 Å². The van der Waals surface area contributed by atoms with Crippen LogP contribution in [0.3, 0.4) is 0 Å². The van der Waals surface area contributed by atoms with E-state index in [2.05, 4.69) is 116 Å². The molecule has 4 nitrogen and oxygen atoms in total. The molecule has 0 aliphatic carbocycles. The number of ether oxygens (including phenoxy) is 1. The van der Waals surface area contributed by atoms with Gasteiger partial charge in [-0.3, -0.25) is 0 Å². The summed E-state index contributed by atoms with van der Waals surface area (Å²) in [6.45, 7) is 0.136. The molecule has 180 valence electrons. The highest BCUT2D eigenvalue weighted by Crippen LogP contribution is 2.51. The fourth-order valence-corrected chi connectivity index (χ4v) is 5.38. The molecule has 4 aromatic rings. The van der Waals surface area contributed by atoms with Crippen LogP contribution in [0.5, 0.6) is 5.75 Å². The zero-order valence-corrected chi connectivity index (χ0v) is 20.5. The van der Waals surface area contributed by atoms with E-state index < -0.39 is 5.54 Å². The van der Waals surface area contributed by atoms with Gasteiger partial charge in [0.15, 0.2) is 5.54 Å². The number of nitrogens with zero attached hydrogens (tertiary/aromatic N) is 2. The van der Waals surface area contributed by atoms with Gasteiger partial charge in [-0.2, -0.15) is 0 Å². The van der Waals surface area contributed by atoms with Crippen LogP contribution in [0, 0.1) is 0 Å². The Labute approximate surface area is 213 Å². The molecule has 5 rings (SSSR count). The van der Waals surface area contributed by atoms with Crippen molar-refractivity contribution >= 4 is 12.0 Å². The lowest BCUT2D eigenvalue weighted by Gasteiger charge is -2.47. The molecule has 0 spiro atoms. The normalized spacial score (nSPS) is 17.1. The summed E-state index contributed by atoms with van der Waals surface area (Å²) in [5.41, 5.74) is 4.84. The molecule has 1 atom stereocenters. The highest BCUT2D eigenvalue weighted by Gasteiger charge is 2.57. The fourth-order valence-electron chi connectivity index (χ4n) is 5.38. The number of quaternary nitrogens is 1. The highest BCUT2D eigenvalue weighted by atomic mass is 16.5. The van der Waals surface area contributed by atoms with Crippen LogP contribution in [-0.2, 0) is 5.54 Å². The standard InChI is InChI=1S/C32H31N2O2/c1-36-31-21-19-30(20-22-31)34(24-29(33-25-34)18-11-23-35)32(26-12-5-2-6-13-26,27-14-7-3-8-15-27)28-16-9-4-10-17-28/h2-10,12-17,19-22,24-25,35H,11,18,23H2,1H3/q+1. The van der Waals surface area contributed by atoms with Crippen LogP contribution in [0.25, 0.3) is 0 Å². The molecule has 0 saturated carbocycles. The van der Waals surface area contributed by atoms with Gasteiger partial charge in [0.05, 0.1) is 12.8 Å². The predicted octanol–water partition coefficient (Wildman–Crippen LogP) is 6.65. The molecule has 0 radical (unpaired) electrons. The number of hydrogen-bond acceptors (Lipinski definition) is 3. The van der Waals surface area contributed by atoms with Gasteiger partial charge in [-0.05, 0) is 25.0 Å². The van der Waals surface area contributed by atoms with Crippen molar-refractivity contribution in [3.05, 3.63) is 144 Å². The van der Waals surface area contributed by atoms with Crippen molar-refractivity contribution in [2.45, 2.75) is 18.4 Å². The number of rotatable bonds is 9. The summed E-state index contributed by atoms with van der Waals surface area (Å²) < 4.78 is 5.84. The van der Waals surface area contributed by atoms with Gasteiger partial charge in [-0.1, -0.05) is 91.0 Å². The molecule has 0 aromatic heterocycles. The lowest BCUT2D eigenvalue weighted by atomic mass is 9.73. The average Bonchev–Trinajstić information content (AvgIpc) is 3.39. The Balaban J connectivity index is 1.91. The Kier molecular flexibility index (Phi) is 6.81. The number of aliphatic hydroxyl groups is 1. The van der Waals surface area contributed by atoms with Crippen LogP contribution in [0.1, 0.15) is 29.5 Å². The predicted molar refractivity (Wildman–Crippen MR) is 147 cm³/mol. The van der Waals surface area contributed by atoms with Gasteiger partial charge < -0.3 is 9.84 Å². The summed E-state index contributed by atoms with van der Waals surface area (Å²) in [5.74, 6) is 0.808. The first-order chi connectivity index (χ1) is 17.7. The minimum absolute atomic E-state index is 0.136. The summed E-state index contributed by atoms with van der Waals surface area (Å²) in [6, 6.07) is 40.3. The molecule has 4 aromatic carbocycles. The molecule has 36 heavy (non-hydrogen) atoms. The van der Waals surface area contributed by atoms with Crippen molar-refractivity contribution in [1.82, 2.24) is 4.48 Å². The average molecular weight is 476 g/mol. The first-order valence-electron chi connectivity index (χ1n) is 12.3. The van der Waals surface area contributed by atoms with E-state index in [1.165, 1.54) is 0 Å². The van der Waals surface area contributed by atoms with Crippen LogP contribution >= 0.6 is 0 Å². The second-order valence-corrected chi connectivity index (χ2v) is 8.98. The number of aliphatic imine (C=N–C) groups is 1. The maximum absolute atomic E-state index is 9.53. The third kappa shape index (κ3) is 3.95. The van der Waals surface area contributed by atoms with Crippen LogP contribution in [-0.4, -0.2) is 25.2 Å². The molecule has 0 amide bonds. The molecule has 1 aliphatic rings. The van der Waals surface area contributed by atoms with E-state index in [9.17, 15) is 5.11 Å². The SMILES string of the molecule is COc1ccc([N+]2(C(c3ccccc3)(c3ccccc3)c3ccccc3)C=NC(CCCO)=C2)cc1. The maximum atomic E-state index is 9.53. The Morgan fingerprint density at radius 2 is 1.22 bits per heavy atom. The van der Waals surface area contributed by atoms with Crippen LogP contribution < -0.4 is 9.22 Å². The molecule has 4 heteroatoms. The zero-order valence-electron chi connectivity index (χ0n) is 20.5. The Hall–Kier alpha value is -3.99. The number of methoxy groups -OCH3 is 1. The van der Waals surface area contributed by atoms with Crippen LogP contribution in [0.4, 0.5) is 5.69 Å². The van der Waals surface area contributed by atoms with Crippen LogP contribution in [0.2, 0.25) is 0 Å². The van der Waals surface area contributed by atoms with Crippen molar-refractivity contribution in [1.29, 1.82) is 0 Å². The summed E-state index contributed by atoms with van der Waals surface area (Å²) in [5, 5.41) is 9.53. The van der Waals surface area contributed by atoms with Gasteiger partial charge in [0.25, 0.3) is 0 Å². The summed E-state index contributed by atoms with van der Waals surface area (Å²) in [6.07, 6.45) is 5.68. The van der Waals surface area contributed by atoms with Crippen LogP contribution in [0.15, 0.2) is 132 Å². The van der Waals surface area contributed by atoms with Crippen molar-refractivity contribution in [2.24, 2.45) is 4.99 Å². The van der Waals surface area contributed by atoms with Gasteiger partial charge >= 0.3 is 0 Å². The molecule has 1 unspecified atom stereocenters. The van der Waals surface area contributed by atoms with E-state index in [0.29, 0.717) is 17.3 Å². The molecule has 0 fully saturated rings. The Bertz CT molecular complexity index is 1240. The van der Waals surface area contributed by atoms with Gasteiger partial charge in [-0.25, -0.2) is 9.48 Å². The van der Waals surface area contributed by atoms with Gasteiger partial charge in [0, 0.05) is 35.4 Å². The smallest absolute Gasteiger partial charge is 0.201 e. The quantitative estimate of drug-likeness (QED) is 0.217. The van der Waals surface area contributed by atoms with E-state index in [0.717, 1.165) is 33.8 Å². The van der Waals surface area contributed by atoms with Crippen molar-refractivity contribution in [3.8, 4) is 5.75 Å². The minimum Gasteiger partial charge on any atom is -0.497 e. The molecule has 1 N–H and O–H groups in total. The largest absolute Gasteiger partial charge is 0.497 e. The number of benzene rings is 4. The van der Waals surface area contributed by atoms with E-state index in [4.69, 9.17) is 9.73 Å². The van der Waals surface area contributed by atoms with Crippen molar-refractivity contribution in [3.63, 3.8) is 0 Å². The number of allylic oxidation sites excluding steroid dienone is 1.